The van der Waals surface area contributed by atoms with E-state index in [4.69, 9.17) is 16.3 Å². The molecule has 1 N–H and O–H groups in total. The third-order valence-corrected chi connectivity index (χ3v) is 15.2. The number of hydrogen-bond acceptors (Lipinski definition) is 6. The van der Waals surface area contributed by atoms with Crippen LogP contribution in [0.2, 0.25) is 5.02 Å². The van der Waals surface area contributed by atoms with E-state index in [-0.39, 0.29) is 22.5 Å². The molecule has 0 radical (unpaired) electrons. The lowest BCUT2D eigenvalue weighted by Gasteiger charge is -2.47. The Hall–Kier alpha value is -2.39. The lowest BCUT2D eigenvalue weighted by atomic mass is 9.66. The number of aryl methyl sites for hydroxylation is 1. The Morgan fingerprint density at radius 1 is 1.02 bits per heavy atom. The van der Waals surface area contributed by atoms with Crippen LogP contribution < -0.4 is 14.4 Å². The van der Waals surface area contributed by atoms with Gasteiger partial charge in [0, 0.05) is 61.3 Å². The van der Waals surface area contributed by atoms with Gasteiger partial charge in [0.05, 0.1) is 17.5 Å². The predicted octanol–water partition coefficient (Wildman–Crippen LogP) is 7.00. The molecule has 2 saturated heterocycles. The average Bonchev–Trinajstić information content (AvgIpc) is 3.21. The number of carbonyl (C=O) groups is 1. The summed E-state index contributed by atoms with van der Waals surface area (Å²) < 4.78 is 23.0. The van der Waals surface area contributed by atoms with Gasteiger partial charge in [-0.15, -0.1) is 0 Å². The maximum Gasteiger partial charge on any atom is 0.263 e. The smallest absolute Gasteiger partial charge is 0.263 e. The molecule has 1 amide bonds. The second-order valence-corrected chi connectivity index (χ2v) is 18.5. The highest BCUT2D eigenvalue weighted by atomic mass is 35.5. The highest BCUT2D eigenvalue weighted by Crippen LogP contribution is 2.48. The van der Waals surface area contributed by atoms with Gasteiger partial charge in [-0.2, -0.15) is 0 Å². The molecule has 8 unspecified atom stereocenters. The standard InChI is InChI=1S/C41H55ClN4O3S/c1-28-7-6-8-32(23-44-19-20-45-18-5-3-4-9-35(45)25-44)36-13-10-33(36)24-46-26-41(17-16-30-21-34(42)12-14-37(30)41)27-49-39-15-11-31(22-38(39)46)40(47)43-50(48)29(28)2/h6,8,11-12,14-15,21-22,28-29,32-33,35-36H,3-5,7,9-10,13,16-20,23-27H2,1-2H3,(H,43,47)/b8-6+. The fourth-order valence-corrected chi connectivity index (χ4v) is 11.2. The van der Waals surface area contributed by atoms with Crippen molar-refractivity contribution in [2.45, 2.75) is 88.3 Å². The van der Waals surface area contributed by atoms with Crippen molar-refractivity contribution in [3.05, 3.63) is 70.3 Å². The van der Waals surface area contributed by atoms with Crippen LogP contribution in [0.3, 0.4) is 0 Å². The molecule has 9 heteroatoms. The summed E-state index contributed by atoms with van der Waals surface area (Å²) in [6, 6.07) is 12.9. The van der Waals surface area contributed by atoms with E-state index in [1.54, 1.807) is 0 Å². The van der Waals surface area contributed by atoms with Gasteiger partial charge in [0.25, 0.3) is 5.91 Å². The molecule has 50 heavy (non-hydrogen) atoms. The van der Waals surface area contributed by atoms with Crippen molar-refractivity contribution in [1.29, 1.82) is 0 Å². The van der Waals surface area contributed by atoms with E-state index < -0.39 is 11.0 Å². The van der Waals surface area contributed by atoms with Gasteiger partial charge in [-0.1, -0.05) is 49.6 Å². The van der Waals surface area contributed by atoms with Gasteiger partial charge in [0.1, 0.15) is 16.7 Å². The zero-order valence-electron chi connectivity index (χ0n) is 30.0. The molecule has 8 rings (SSSR count). The largest absolute Gasteiger partial charge is 0.490 e. The van der Waals surface area contributed by atoms with E-state index in [9.17, 15) is 9.00 Å². The van der Waals surface area contributed by atoms with Gasteiger partial charge in [0.15, 0.2) is 0 Å². The Morgan fingerprint density at radius 3 is 2.78 bits per heavy atom. The number of ether oxygens (including phenoxy) is 1. The van der Waals surface area contributed by atoms with Crippen LogP contribution in [0.25, 0.3) is 0 Å². The minimum atomic E-state index is -1.49. The number of carbonyl (C=O) groups excluding carboxylic acids is 1. The number of allylic oxidation sites excluding steroid dienone is 1. The number of nitrogens with one attached hydrogen (secondary N) is 1. The van der Waals surface area contributed by atoms with Crippen LogP contribution in [0.5, 0.6) is 5.75 Å². The van der Waals surface area contributed by atoms with E-state index in [1.807, 2.05) is 31.2 Å². The number of halogens is 1. The number of nitrogens with zero attached hydrogens (tertiary/aromatic N) is 3. The van der Waals surface area contributed by atoms with Gasteiger partial charge >= 0.3 is 0 Å². The quantitative estimate of drug-likeness (QED) is 0.338. The zero-order valence-corrected chi connectivity index (χ0v) is 31.5. The fraction of sp³-hybridized carbons (Fsp3) is 0.634. The molecule has 2 aliphatic carbocycles. The molecule has 270 valence electrons. The number of fused-ring (bicyclic) bond motifs is 5. The number of rotatable bonds is 2. The summed E-state index contributed by atoms with van der Waals surface area (Å²) in [4.78, 5) is 21.7. The summed E-state index contributed by atoms with van der Waals surface area (Å²) in [5.41, 5.74) is 4.05. The molecule has 2 aromatic rings. The summed E-state index contributed by atoms with van der Waals surface area (Å²) in [7, 11) is -1.49. The van der Waals surface area contributed by atoms with Crippen molar-refractivity contribution in [1.82, 2.24) is 14.5 Å². The number of piperazine rings is 1. The number of benzene rings is 2. The van der Waals surface area contributed by atoms with E-state index in [0.29, 0.717) is 36.0 Å². The number of hydrogen-bond donors (Lipinski definition) is 1. The molecule has 8 atom stereocenters. The second-order valence-electron chi connectivity index (χ2n) is 16.5. The normalized spacial score (nSPS) is 35.8. The Morgan fingerprint density at radius 2 is 1.92 bits per heavy atom. The van der Waals surface area contributed by atoms with Crippen LogP contribution in [-0.4, -0.2) is 83.6 Å². The van der Waals surface area contributed by atoms with Gasteiger partial charge in [-0.25, -0.2) is 4.21 Å². The predicted molar refractivity (Wildman–Crippen MR) is 204 cm³/mol. The molecule has 2 aromatic carbocycles. The first-order valence-corrected chi connectivity index (χ1v) is 21.0. The van der Waals surface area contributed by atoms with Crippen molar-refractivity contribution < 1.29 is 13.7 Å². The van der Waals surface area contributed by atoms with E-state index in [2.05, 4.69) is 50.6 Å². The molecule has 4 aliphatic heterocycles. The molecule has 7 nitrogen and oxygen atoms in total. The lowest BCUT2D eigenvalue weighted by molar-refractivity contribution is 0.0454. The Balaban J connectivity index is 1.12. The van der Waals surface area contributed by atoms with Crippen molar-refractivity contribution in [2.24, 2.45) is 23.7 Å². The summed E-state index contributed by atoms with van der Waals surface area (Å²) in [6.07, 6.45) is 15.7. The van der Waals surface area contributed by atoms with Crippen molar-refractivity contribution in [2.75, 3.05) is 57.3 Å². The van der Waals surface area contributed by atoms with Crippen LogP contribution in [0.4, 0.5) is 5.69 Å². The molecule has 0 aromatic heterocycles. The lowest BCUT2D eigenvalue weighted by Crippen LogP contribution is -2.54. The van der Waals surface area contributed by atoms with Crippen LogP contribution in [0.15, 0.2) is 48.6 Å². The topological polar surface area (TPSA) is 65.1 Å². The van der Waals surface area contributed by atoms with Gasteiger partial charge < -0.3 is 9.64 Å². The van der Waals surface area contributed by atoms with E-state index in [1.165, 1.54) is 69.3 Å². The first kappa shape index (κ1) is 34.7. The van der Waals surface area contributed by atoms with Crippen LogP contribution in [-0.2, 0) is 22.8 Å². The van der Waals surface area contributed by atoms with E-state index in [0.717, 1.165) is 61.9 Å². The highest BCUT2D eigenvalue weighted by molar-refractivity contribution is 7.84. The van der Waals surface area contributed by atoms with Crippen molar-refractivity contribution >= 4 is 34.2 Å². The molecule has 4 heterocycles. The maximum atomic E-state index is 13.6. The van der Waals surface area contributed by atoms with Crippen molar-refractivity contribution in [3.63, 3.8) is 0 Å². The minimum Gasteiger partial charge on any atom is -0.490 e. The summed E-state index contributed by atoms with van der Waals surface area (Å²) in [5.74, 6) is 2.39. The fourth-order valence-electron chi connectivity index (χ4n) is 9.99. The molecule has 1 saturated carbocycles. The van der Waals surface area contributed by atoms with Crippen LogP contribution >= 0.6 is 11.6 Å². The Bertz CT molecular complexity index is 1630. The Labute approximate surface area is 306 Å². The third kappa shape index (κ3) is 6.91. The van der Waals surface area contributed by atoms with Gasteiger partial charge in [-0.05, 0) is 124 Å². The molecule has 1 spiro atoms. The molecular weight excluding hydrogens is 664 g/mol. The molecule has 3 fully saturated rings. The Kier molecular flexibility index (Phi) is 10.1. The SMILES string of the molecule is CC1C/C=C/C(CN2CCN3CCCCCC3C2)C2CCC2CN2CC3(CCc4cc(Cl)ccc43)COc3ccc(cc32)C(=O)NS(=O)C1C. The van der Waals surface area contributed by atoms with Gasteiger partial charge in [-0.3, -0.25) is 19.3 Å². The highest BCUT2D eigenvalue weighted by Gasteiger charge is 2.46. The molecule has 6 aliphatic rings. The van der Waals surface area contributed by atoms with Crippen LogP contribution in [0, 0.1) is 23.7 Å². The molecular formula is C41H55ClN4O3S. The zero-order chi connectivity index (χ0) is 34.4. The summed E-state index contributed by atoms with van der Waals surface area (Å²) >= 11 is 6.46. The first-order chi connectivity index (χ1) is 24.3. The monoisotopic (exact) mass is 718 g/mol. The van der Waals surface area contributed by atoms with Gasteiger partial charge in [0.2, 0.25) is 0 Å². The van der Waals surface area contributed by atoms with Crippen molar-refractivity contribution in [3.8, 4) is 5.75 Å². The van der Waals surface area contributed by atoms with E-state index >= 15 is 0 Å². The third-order valence-electron chi connectivity index (χ3n) is 13.4. The summed E-state index contributed by atoms with van der Waals surface area (Å²) in [5, 5.41) is 0.628. The van der Waals surface area contributed by atoms with Crippen LogP contribution in [0.1, 0.15) is 86.7 Å². The minimum absolute atomic E-state index is 0.147. The number of amides is 1. The second kappa shape index (κ2) is 14.6. The maximum absolute atomic E-state index is 13.6. The first-order valence-electron chi connectivity index (χ1n) is 19.4. The molecule has 2 bridgehead atoms. The summed E-state index contributed by atoms with van der Waals surface area (Å²) in [6.45, 7) is 12.5. The number of anilines is 1. The average molecular weight is 719 g/mol.